The third-order valence-corrected chi connectivity index (χ3v) is 25.7. The number of esters is 1. The summed E-state index contributed by atoms with van der Waals surface area (Å²) in [5.41, 5.74) is -5.24. The SMILES string of the molecule is CNC1Cc2c(cccc2CO)C#CC2(CCCC2)CC23CCC4C5(C=O)CC6(CCC(CCc7ccccc7)C6)C(O)C6CC7C=CCC(C8CCCC8)C7CC(C(O)C4(O)C2(O)CC2CC1C1OC(=O)C=C1C23)C65O. The van der Waals surface area contributed by atoms with E-state index in [1.165, 1.54) is 18.4 Å². The number of aldehydes is 1. The van der Waals surface area contributed by atoms with Gasteiger partial charge in [-0.15, -0.1) is 0 Å². The third-order valence-electron chi connectivity index (χ3n) is 25.7. The van der Waals surface area contributed by atoms with Crippen molar-refractivity contribution in [2.45, 2.75) is 195 Å². The third kappa shape index (κ3) is 7.05. The molecule has 9 saturated carbocycles. The van der Waals surface area contributed by atoms with Crippen LogP contribution in [0.4, 0.5) is 0 Å². The standard InChI is InChI=1S/C67H85NO9/c1-68-54-32-48-43(15-9-17-45(48)36-69)22-26-61(24-7-8-25-61)37-63-28-23-55-64(39-70)38-62(27-21-41(34-62)20-19-40-11-3-2-4-12-40)59(72)52-30-44-16-10-18-47(42-13-5-6-14-42)49(44)31-53(66(52,64)75)60(73)67(55,76)65(63,74)35-46-29-50(54)58-51(57(46)63)33-56(71)77-58/h2-4,9-12,15-17,33,39,41-42,44,46-47,49-50,52-55,57-60,68-69,72-76H,5-8,13-14,18-21,23-25,27-32,34-38H2,1H3. The van der Waals surface area contributed by atoms with Crippen molar-refractivity contribution in [1.29, 1.82) is 0 Å². The molecule has 2 aromatic rings. The van der Waals surface area contributed by atoms with E-state index in [-0.39, 0.29) is 61.5 Å². The van der Waals surface area contributed by atoms with E-state index in [0.29, 0.717) is 62.7 Å². The lowest BCUT2D eigenvalue weighted by Crippen LogP contribution is -2.86. The van der Waals surface area contributed by atoms with E-state index in [9.17, 15) is 25.2 Å². The monoisotopic (exact) mass is 1050 g/mol. The molecule has 1 aliphatic heterocycles. The number of carbonyl (C=O) groups excluding carboxylic acids is 2. The Morgan fingerprint density at radius 3 is 2.36 bits per heavy atom. The molecular formula is C67H85NO9. The second-order valence-corrected chi connectivity index (χ2v) is 28.3. The van der Waals surface area contributed by atoms with Crippen molar-refractivity contribution in [1.82, 2.24) is 5.32 Å². The number of benzene rings is 2. The second kappa shape index (κ2) is 18.4. The van der Waals surface area contributed by atoms with Gasteiger partial charge in [0.25, 0.3) is 0 Å². The highest BCUT2D eigenvalue weighted by Gasteiger charge is 2.87. The molecule has 77 heavy (non-hydrogen) atoms. The van der Waals surface area contributed by atoms with E-state index < -0.39 is 80.5 Å². The van der Waals surface area contributed by atoms with Crippen LogP contribution >= 0.6 is 0 Å². The number of likely N-dealkylation sites (N-methyl/N-ethyl adjacent to an activating group) is 1. The van der Waals surface area contributed by atoms with E-state index in [0.717, 1.165) is 99.2 Å². The van der Waals surface area contributed by atoms with E-state index >= 15 is 15.0 Å². The van der Waals surface area contributed by atoms with E-state index in [1.807, 2.05) is 25.2 Å². The minimum absolute atomic E-state index is 0.0255. The Morgan fingerprint density at radius 2 is 1.60 bits per heavy atom. The first-order valence-electron chi connectivity index (χ1n) is 30.8. The Hall–Kier alpha value is -3.66. The number of fused-ring (bicyclic) bond motifs is 5. The van der Waals surface area contributed by atoms with Crippen LogP contribution in [0.2, 0.25) is 0 Å². The summed E-state index contributed by atoms with van der Waals surface area (Å²) in [6.07, 6.45) is 21.1. The van der Waals surface area contributed by atoms with Gasteiger partial charge in [0.1, 0.15) is 23.6 Å². The molecule has 10 nitrogen and oxygen atoms in total. The Kier molecular flexibility index (Phi) is 12.3. The fraction of sp³-hybridized carbons (Fsp3) is 0.701. The average molecular weight is 1050 g/mol. The molecule has 4 bridgehead atoms. The number of allylic oxidation sites excluding steroid dienone is 2. The van der Waals surface area contributed by atoms with Gasteiger partial charge < -0.3 is 45.5 Å². The normalized spacial score (nSPS) is 47.9. The smallest absolute Gasteiger partial charge is 0.331 e. The molecule has 10 heteroatoms. The Morgan fingerprint density at radius 1 is 0.805 bits per heavy atom. The molecule has 3 spiro atoms. The van der Waals surface area contributed by atoms with Gasteiger partial charge in [-0.1, -0.05) is 105 Å². The number of nitrogens with one attached hydrogen (secondary N) is 1. The first-order chi connectivity index (χ1) is 37.2. The van der Waals surface area contributed by atoms with Crippen molar-refractivity contribution in [3.63, 3.8) is 0 Å². The van der Waals surface area contributed by atoms with Crippen LogP contribution in [0, 0.1) is 98.6 Å². The zero-order chi connectivity index (χ0) is 52.9. The van der Waals surface area contributed by atoms with Crippen LogP contribution in [0.3, 0.4) is 0 Å². The topological polar surface area (TPSA) is 177 Å². The van der Waals surface area contributed by atoms with Gasteiger partial charge in [-0.05, 0) is 191 Å². The Labute approximate surface area is 456 Å². The van der Waals surface area contributed by atoms with Crippen LogP contribution in [0.1, 0.15) is 157 Å². The van der Waals surface area contributed by atoms with Crippen LogP contribution in [-0.2, 0) is 33.8 Å². The van der Waals surface area contributed by atoms with Gasteiger partial charge in [0.2, 0.25) is 0 Å². The van der Waals surface area contributed by atoms with E-state index in [4.69, 9.17) is 4.74 Å². The van der Waals surface area contributed by atoms with Crippen LogP contribution < -0.4 is 5.32 Å². The lowest BCUT2D eigenvalue weighted by molar-refractivity contribution is -0.385. The second-order valence-electron chi connectivity index (χ2n) is 28.3. The number of aryl methyl sites for hydroxylation is 1. The molecule has 20 unspecified atom stereocenters. The molecule has 20 atom stereocenters. The molecule has 0 amide bonds. The van der Waals surface area contributed by atoms with Crippen LogP contribution in [0.15, 0.2) is 72.3 Å². The van der Waals surface area contributed by atoms with Crippen LogP contribution in [0.5, 0.6) is 0 Å². The predicted molar refractivity (Wildman–Crippen MR) is 291 cm³/mol. The molecule has 9 fully saturated rings. The summed E-state index contributed by atoms with van der Waals surface area (Å²) in [6, 6.07) is 16.4. The highest BCUT2D eigenvalue weighted by molar-refractivity contribution is 5.86. The number of hydrogen-bond donors (Lipinski definition) is 7. The average Bonchev–Trinajstić information content (AvgIpc) is 3.06. The summed E-state index contributed by atoms with van der Waals surface area (Å²) in [7, 11) is 1.94. The van der Waals surface area contributed by atoms with Crippen LogP contribution in [0.25, 0.3) is 0 Å². The Balaban J connectivity index is 0.957. The maximum absolute atomic E-state index is 15.4. The molecule has 0 radical (unpaired) electrons. The van der Waals surface area contributed by atoms with E-state index in [1.54, 1.807) is 6.08 Å². The fourth-order valence-corrected chi connectivity index (χ4v) is 22.8. The number of ether oxygens (including phenoxy) is 1. The summed E-state index contributed by atoms with van der Waals surface area (Å²) in [6.45, 7) is -0.128. The highest BCUT2D eigenvalue weighted by atomic mass is 16.5. The molecule has 0 aromatic heterocycles. The van der Waals surface area contributed by atoms with Gasteiger partial charge in [0.15, 0.2) is 0 Å². The van der Waals surface area contributed by atoms with Crippen molar-refractivity contribution < 1.29 is 45.0 Å². The van der Waals surface area contributed by atoms with Crippen LogP contribution in [-0.4, -0.2) is 91.1 Å². The van der Waals surface area contributed by atoms with Crippen molar-refractivity contribution in [2.75, 3.05) is 7.05 Å². The minimum atomic E-state index is -2.25. The first kappa shape index (κ1) is 51.5. The molecule has 15 rings (SSSR count). The molecule has 12 aliphatic carbocycles. The van der Waals surface area contributed by atoms with Crippen molar-refractivity contribution in [3.05, 3.63) is 94.6 Å². The zero-order valence-electron chi connectivity index (χ0n) is 45.5. The predicted octanol–water partition coefficient (Wildman–Crippen LogP) is 8.49. The van der Waals surface area contributed by atoms with Gasteiger partial charge in [-0.25, -0.2) is 4.79 Å². The Bertz CT molecular complexity index is 2790. The first-order valence-corrected chi connectivity index (χ1v) is 30.8. The van der Waals surface area contributed by atoms with Gasteiger partial charge >= 0.3 is 5.97 Å². The van der Waals surface area contributed by atoms with E-state index in [2.05, 4.69) is 59.6 Å². The van der Waals surface area contributed by atoms with Gasteiger partial charge in [-0.3, -0.25) is 0 Å². The number of hydrogen-bond acceptors (Lipinski definition) is 10. The molecular weight excluding hydrogens is 963 g/mol. The lowest BCUT2D eigenvalue weighted by atomic mass is 9.32. The zero-order valence-corrected chi connectivity index (χ0v) is 45.5. The summed E-state index contributed by atoms with van der Waals surface area (Å²) in [5.74, 6) is 4.86. The highest BCUT2D eigenvalue weighted by Crippen LogP contribution is 2.80. The lowest BCUT2D eigenvalue weighted by Gasteiger charge is -2.75. The van der Waals surface area contributed by atoms with Crippen molar-refractivity contribution >= 4 is 12.3 Å². The number of carbonyl (C=O) groups is 2. The quantitative estimate of drug-likeness (QED) is 0.0617. The van der Waals surface area contributed by atoms with Gasteiger partial charge in [-0.2, -0.15) is 0 Å². The molecule has 1 heterocycles. The molecule has 0 saturated heterocycles. The summed E-state index contributed by atoms with van der Waals surface area (Å²) in [4.78, 5) is 29.4. The minimum Gasteiger partial charge on any atom is -0.454 e. The summed E-state index contributed by atoms with van der Waals surface area (Å²) < 4.78 is 6.46. The molecule has 7 N–H and O–H groups in total. The maximum atomic E-state index is 15.4. The summed E-state index contributed by atoms with van der Waals surface area (Å²) in [5, 5.41) is 87.0. The maximum Gasteiger partial charge on any atom is 0.331 e. The number of rotatable bonds is 7. The number of aliphatic hydroxyl groups is 6. The van der Waals surface area contributed by atoms with Gasteiger partial charge in [0.05, 0.1) is 29.8 Å². The summed E-state index contributed by atoms with van der Waals surface area (Å²) >= 11 is 0. The largest absolute Gasteiger partial charge is 0.454 e. The number of aliphatic hydroxyl groups excluding tert-OH is 3. The molecule has 2 aromatic carbocycles. The molecule has 13 aliphatic rings. The van der Waals surface area contributed by atoms with Gasteiger partial charge in [0, 0.05) is 52.2 Å². The van der Waals surface area contributed by atoms with Crippen molar-refractivity contribution in [3.8, 4) is 11.8 Å². The fourth-order valence-electron chi connectivity index (χ4n) is 22.8. The van der Waals surface area contributed by atoms with Crippen molar-refractivity contribution in [2.24, 2.45) is 86.8 Å². The molecule has 412 valence electrons.